The van der Waals surface area contributed by atoms with Crippen molar-refractivity contribution in [3.8, 4) is 22.3 Å². The fourth-order valence-electron chi connectivity index (χ4n) is 7.74. The van der Waals surface area contributed by atoms with Crippen molar-refractivity contribution < 1.29 is 4.42 Å². The van der Waals surface area contributed by atoms with Gasteiger partial charge in [-0.1, -0.05) is 146 Å². The van der Waals surface area contributed by atoms with Gasteiger partial charge in [0.25, 0.3) is 0 Å². The number of hydrogen-bond acceptors (Lipinski definition) is 2. The molecule has 2 heteroatoms. The summed E-state index contributed by atoms with van der Waals surface area (Å²) >= 11 is 0. The average molecular weight is 638 g/mol. The van der Waals surface area contributed by atoms with Crippen LogP contribution in [-0.2, 0) is 0 Å². The fourth-order valence-corrected chi connectivity index (χ4v) is 7.74. The highest BCUT2D eigenvalue weighted by molar-refractivity contribution is 6.20. The van der Waals surface area contributed by atoms with Gasteiger partial charge in [0, 0.05) is 27.4 Å². The Morgan fingerprint density at radius 2 is 1.00 bits per heavy atom. The molecule has 9 aromatic carbocycles. The maximum absolute atomic E-state index is 6.67. The van der Waals surface area contributed by atoms with Crippen LogP contribution in [0.3, 0.4) is 0 Å². The van der Waals surface area contributed by atoms with Gasteiger partial charge >= 0.3 is 0 Å². The van der Waals surface area contributed by atoms with Crippen molar-refractivity contribution in [3.63, 3.8) is 0 Å². The van der Waals surface area contributed by atoms with Gasteiger partial charge < -0.3 is 9.32 Å². The van der Waals surface area contributed by atoms with Gasteiger partial charge in [-0.25, -0.2) is 0 Å². The molecule has 0 spiro atoms. The van der Waals surface area contributed by atoms with Crippen molar-refractivity contribution >= 4 is 71.3 Å². The number of hydrogen-bond donors (Lipinski definition) is 0. The van der Waals surface area contributed by atoms with Crippen molar-refractivity contribution in [2.75, 3.05) is 4.90 Å². The van der Waals surface area contributed by atoms with E-state index in [1.54, 1.807) is 0 Å². The summed E-state index contributed by atoms with van der Waals surface area (Å²) in [4.78, 5) is 2.40. The molecular formula is C48H31NO. The van der Waals surface area contributed by atoms with Gasteiger partial charge in [-0.2, -0.15) is 0 Å². The molecule has 0 saturated heterocycles. The Morgan fingerprint density at radius 1 is 0.360 bits per heavy atom. The third-order valence-electron chi connectivity index (χ3n) is 10.0. The van der Waals surface area contributed by atoms with E-state index in [1.807, 2.05) is 6.07 Å². The summed E-state index contributed by atoms with van der Waals surface area (Å²) in [6.07, 6.45) is 0. The van der Waals surface area contributed by atoms with E-state index in [0.29, 0.717) is 0 Å². The lowest BCUT2D eigenvalue weighted by atomic mass is 9.93. The monoisotopic (exact) mass is 637 g/mol. The van der Waals surface area contributed by atoms with Crippen LogP contribution in [0.2, 0.25) is 0 Å². The van der Waals surface area contributed by atoms with Crippen LogP contribution in [0.4, 0.5) is 17.1 Å². The highest BCUT2D eigenvalue weighted by Crippen LogP contribution is 2.47. The summed E-state index contributed by atoms with van der Waals surface area (Å²) in [5, 5.41) is 9.52. The molecule has 2 nitrogen and oxygen atoms in total. The van der Waals surface area contributed by atoms with Crippen molar-refractivity contribution in [2.45, 2.75) is 0 Å². The second kappa shape index (κ2) is 11.5. The van der Waals surface area contributed by atoms with Crippen LogP contribution < -0.4 is 4.90 Å². The van der Waals surface area contributed by atoms with Crippen molar-refractivity contribution in [3.05, 3.63) is 188 Å². The van der Waals surface area contributed by atoms with Crippen LogP contribution >= 0.6 is 0 Å². The number of benzene rings is 9. The number of furan rings is 1. The molecule has 10 rings (SSSR count). The van der Waals surface area contributed by atoms with Gasteiger partial charge in [0.2, 0.25) is 0 Å². The van der Waals surface area contributed by atoms with Gasteiger partial charge in [-0.05, 0) is 86.1 Å². The van der Waals surface area contributed by atoms with E-state index >= 15 is 0 Å². The number of para-hydroxylation sites is 2. The minimum atomic E-state index is 0.896. The Labute approximate surface area is 290 Å². The Hall–Kier alpha value is -6.64. The highest BCUT2D eigenvalue weighted by Gasteiger charge is 2.22. The molecule has 1 heterocycles. The molecule has 0 aliphatic heterocycles. The maximum atomic E-state index is 6.67. The third kappa shape index (κ3) is 4.50. The molecule has 1 aromatic heterocycles. The van der Waals surface area contributed by atoms with Gasteiger partial charge in [-0.15, -0.1) is 0 Å². The summed E-state index contributed by atoms with van der Waals surface area (Å²) in [5.41, 5.74) is 9.79. The van der Waals surface area contributed by atoms with Crippen LogP contribution in [0.5, 0.6) is 0 Å². The minimum absolute atomic E-state index is 0.896. The first-order valence-corrected chi connectivity index (χ1v) is 17.1. The zero-order valence-corrected chi connectivity index (χ0v) is 27.3. The summed E-state index contributed by atoms with van der Waals surface area (Å²) in [6.45, 7) is 0. The molecule has 0 unspecified atom stereocenters. The van der Waals surface area contributed by atoms with Crippen molar-refractivity contribution in [1.82, 2.24) is 0 Å². The first-order valence-electron chi connectivity index (χ1n) is 17.1. The topological polar surface area (TPSA) is 16.4 Å². The molecule has 0 bridgehead atoms. The summed E-state index contributed by atoms with van der Waals surface area (Å²) in [6, 6.07) is 67.5. The minimum Gasteiger partial charge on any atom is -0.455 e. The second-order valence-electron chi connectivity index (χ2n) is 12.9. The summed E-state index contributed by atoms with van der Waals surface area (Å²) in [5.74, 6) is 0. The Kier molecular flexibility index (Phi) is 6.53. The normalized spacial score (nSPS) is 11.6. The highest BCUT2D eigenvalue weighted by atomic mass is 16.3. The first kappa shape index (κ1) is 28.4. The van der Waals surface area contributed by atoms with Gasteiger partial charge in [0.05, 0.1) is 11.4 Å². The van der Waals surface area contributed by atoms with Crippen LogP contribution in [0.25, 0.3) is 76.5 Å². The lowest BCUT2D eigenvalue weighted by Gasteiger charge is -2.29. The number of fused-ring (bicyclic) bond motifs is 8. The van der Waals surface area contributed by atoms with Crippen molar-refractivity contribution in [1.29, 1.82) is 0 Å². The van der Waals surface area contributed by atoms with E-state index in [1.165, 1.54) is 38.2 Å². The summed E-state index contributed by atoms with van der Waals surface area (Å²) < 4.78 is 6.67. The molecule has 0 N–H and O–H groups in total. The van der Waals surface area contributed by atoms with Gasteiger partial charge in [0.15, 0.2) is 0 Å². The van der Waals surface area contributed by atoms with Crippen LogP contribution in [0.1, 0.15) is 0 Å². The number of nitrogens with zero attached hydrogens (tertiary/aromatic N) is 1. The molecule has 0 aliphatic carbocycles. The molecular weight excluding hydrogens is 607 g/mol. The molecule has 10 aromatic rings. The zero-order valence-electron chi connectivity index (χ0n) is 27.3. The first-order chi connectivity index (χ1) is 24.8. The lowest BCUT2D eigenvalue weighted by molar-refractivity contribution is 0.672. The quantitative estimate of drug-likeness (QED) is 0.175. The molecule has 0 aliphatic rings. The third-order valence-corrected chi connectivity index (χ3v) is 10.0. The standard InChI is InChI=1S/C48H31NO/c1-2-13-32(14-3-1)38-18-8-10-22-44(38)49(45-23-12-16-34-27-30-42-41-21-9-11-24-46(41)50-48(42)47(34)45)36-28-25-33(26-29-36)43-31-35-15-4-5-17-37(35)39-19-6-7-20-40(39)43/h1-31H. The van der Waals surface area contributed by atoms with Crippen molar-refractivity contribution in [2.24, 2.45) is 0 Å². The number of anilines is 3. The Balaban J connectivity index is 1.22. The van der Waals surface area contributed by atoms with E-state index < -0.39 is 0 Å². The van der Waals surface area contributed by atoms with Crippen LogP contribution in [0.15, 0.2) is 192 Å². The van der Waals surface area contributed by atoms with Gasteiger partial charge in [-0.3, -0.25) is 0 Å². The van der Waals surface area contributed by atoms with E-state index in [2.05, 4.69) is 187 Å². The van der Waals surface area contributed by atoms with E-state index in [9.17, 15) is 0 Å². The smallest absolute Gasteiger partial charge is 0.145 e. The van der Waals surface area contributed by atoms with E-state index in [-0.39, 0.29) is 0 Å². The Bertz CT molecular complexity index is 2870. The summed E-state index contributed by atoms with van der Waals surface area (Å²) in [7, 11) is 0. The van der Waals surface area contributed by atoms with E-state index in [0.717, 1.165) is 55.3 Å². The molecule has 0 atom stereocenters. The van der Waals surface area contributed by atoms with Crippen LogP contribution in [0, 0.1) is 0 Å². The molecule has 0 radical (unpaired) electrons. The maximum Gasteiger partial charge on any atom is 0.145 e. The van der Waals surface area contributed by atoms with Gasteiger partial charge in [0.1, 0.15) is 11.2 Å². The zero-order chi connectivity index (χ0) is 33.0. The molecule has 0 fully saturated rings. The molecule has 0 amide bonds. The number of rotatable bonds is 5. The lowest BCUT2D eigenvalue weighted by Crippen LogP contribution is -2.11. The average Bonchev–Trinajstić information content (AvgIpc) is 3.58. The van der Waals surface area contributed by atoms with E-state index in [4.69, 9.17) is 4.42 Å². The molecule has 0 saturated carbocycles. The molecule has 50 heavy (non-hydrogen) atoms. The second-order valence-corrected chi connectivity index (χ2v) is 12.9. The molecule has 234 valence electrons. The fraction of sp³-hybridized carbons (Fsp3) is 0. The Morgan fingerprint density at radius 3 is 1.86 bits per heavy atom. The predicted octanol–water partition coefficient (Wildman–Crippen LogP) is 13.8. The predicted molar refractivity (Wildman–Crippen MR) is 212 cm³/mol. The SMILES string of the molecule is c1ccc(-c2ccccc2N(c2ccc(-c3cc4ccccc4c4ccccc34)cc2)c2cccc3ccc4c5ccccc5oc4c23)cc1. The van der Waals surface area contributed by atoms with Crippen LogP contribution in [-0.4, -0.2) is 0 Å². The largest absolute Gasteiger partial charge is 0.455 e.